The van der Waals surface area contributed by atoms with E-state index in [4.69, 9.17) is 4.74 Å². The van der Waals surface area contributed by atoms with Crippen molar-refractivity contribution in [2.45, 2.75) is 33.2 Å². The van der Waals surface area contributed by atoms with Gasteiger partial charge in [-0.25, -0.2) is 4.99 Å². The molecule has 1 aromatic heterocycles. The number of hydrogen-bond donors (Lipinski definition) is 2. The quantitative estimate of drug-likeness (QED) is 0.368. The lowest BCUT2D eigenvalue weighted by molar-refractivity contribution is -0.0504. The first-order valence-electron chi connectivity index (χ1n) is 10.3. The molecule has 0 atom stereocenters. The Morgan fingerprint density at radius 2 is 1.94 bits per heavy atom. The van der Waals surface area contributed by atoms with E-state index in [1.54, 1.807) is 18.3 Å². The van der Waals surface area contributed by atoms with Crippen molar-refractivity contribution in [3.05, 3.63) is 77.6 Å². The predicted molar refractivity (Wildman–Crippen MR) is 119 cm³/mol. The summed E-state index contributed by atoms with van der Waals surface area (Å²) in [6.45, 7) is 1.03. The smallest absolute Gasteiger partial charge is 0.387 e. The van der Waals surface area contributed by atoms with Crippen molar-refractivity contribution in [3.63, 3.8) is 0 Å². The topological polar surface area (TPSA) is 72.7 Å². The third-order valence-corrected chi connectivity index (χ3v) is 4.57. The monoisotopic (exact) mass is 443 g/mol. The highest BCUT2D eigenvalue weighted by Crippen LogP contribution is 2.25. The first-order valence-corrected chi connectivity index (χ1v) is 10.3. The molecular weight excluding hydrogens is 416 g/mol. The standard InChI is InChI=1S/C23H27F2N5O2/c1-3-26-23(28-14-19-11-20(31-2)9-10-21(19)32-22(24)25)27-12-18-13-29-30(16-18)15-17-7-5-4-6-8-17/h4-11,13,16,22H,3,12,14-15H2,1-2H3,(H2,26,27,28). The van der Waals surface area contributed by atoms with Crippen LogP contribution in [0, 0.1) is 0 Å². The number of methoxy groups -OCH3 is 1. The number of hydrogen-bond acceptors (Lipinski definition) is 4. The number of halogens is 2. The van der Waals surface area contributed by atoms with Gasteiger partial charge in [0, 0.05) is 30.4 Å². The SMILES string of the molecule is CCNC(=NCc1cnn(Cc2ccccc2)c1)NCc1cc(OC)ccc1OC(F)F. The second-order valence-electron chi connectivity index (χ2n) is 6.93. The summed E-state index contributed by atoms with van der Waals surface area (Å²) < 4.78 is 37.1. The van der Waals surface area contributed by atoms with Gasteiger partial charge in [0.2, 0.25) is 0 Å². The highest BCUT2D eigenvalue weighted by atomic mass is 19.3. The first kappa shape index (κ1) is 23.1. The van der Waals surface area contributed by atoms with E-state index < -0.39 is 6.61 Å². The molecule has 0 aliphatic heterocycles. The van der Waals surface area contributed by atoms with E-state index in [0.717, 1.165) is 5.56 Å². The molecule has 2 N–H and O–H groups in total. The zero-order valence-electron chi connectivity index (χ0n) is 18.1. The average Bonchev–Trinajstić information content (AvgIpc) is 3.24. The Hall–Kier alpha value is -3.62. The molecule has 32 heavy (non-hydrogen) atoms. The normalized spacial score (nSPS) is 11.5. The van der Waals surface area contributed by atoms with Crippen LogP contribution in [0.4, 0.5) is 8.78 Å². The maximum absolute atomic E-state index is 12.7. The van der Waals surface area contributed by atoms with Gasteiger partial charge in [-0.05, 0) is 30.7 Å². The van der Waals surface area contributed by atoms with E-state index in [-0.39, 0.29) is 12.3 Å². The maximum Gasteiger partial charge on any atom is 0.387 e. The first-order chi connectivity index (χ1) is 15.6. The van der Waals surface area contributed by atoms with E-state index in [2.05, 4.69) is 37.6 Å². The summed E-state index contributed by atoms with van der Waals surface area (Å²) in [5.74, 6) is 1.19. The number of nitrogens with zero attached hydrogens (tertiary/aromatic N) is 3. The number of nitrogens with one attached hydrogen (secondary N) is 2. The predicted octanol–water partition coefficient (Wildman–Crippen LogP) is 3.80. The van der Waals surface area contributed by atoms with Gasteiger partial charge >= 0.3 is 6.61 Å². The number of guanidine groups is 1. The summed E-state index contributed by atoms with van der Waals surface area (Å²) in [5.41, 5.74) is 2.66. The molecule has 3 rings (SSSR count). The molecule has 9 heteroatoms. The number of ether oxygens (including phenoxy) is 2. The van der Waals surface area contributed by atoms with E-state index >= 15 is 0 Å². The fourth-order valence-corrected chi connectivity index (χ4v) is 3.07. The second-order valence-corrected chi connectivity index (χ2v) is 6.93. The summed E-state index contributed by atoms with van der Waals surface area (Å²) in [6.07, 6.45) is 3.74. The highest BCUT2D eigenvalue weighted by Gasteiger charge is 2.12. The summed E-state index contributed by atoms with van der Waals surface area (Å²) >= 11 is 0. The van der Waals surface area contributed by atoms with Crippen molar-refractivity contribution in [2.75, 3.05) is 13.7 Å². The molecule has 0 aliphatic carbocycles. The van der Waals surface area contributed by atoms with Gasteiger partial charge in [-0.15, -0.1) is 0 Å². The van der Waals surface area contributed by atoms with Crippen molar-refractivity contribution in [1.29, 1.82) is 0 Å². The lowest BCUT2D eigenvalue weighted by atomic mass is 10.2. The van der Waals surface area contributed by atoms with E-state index in [1.165, 1.54) is 18.7 Å². The molecule has 3 aromatic rings. The fraction of sp³-hybridized carbons (Fsp3) is 0.304. The van der Waals surface area contributed by atoms with Crippen molar-refractivity contribution in [2.24, 2.45) is 4.99 Å². The van der Waals surface area contributed by atoms with Crippen LogP contribution in [0.2, 0.25) is 0 Å². The van der Waals surface area contributed by atoms with Crippen LogP contribution in [0.3, 0.4) is 0 Å². The minimum atomic E-state index is -2.91. The van der Waals surface area contributed by atoms with E-state index in [9.17, 15) is 8.78 Å². The highest BCUT2D eigenvalue weighted by molar-refractivity contribution is 5.79. The molecule has 0 unspecified atom stereocenters. The Labute approximate surface area is 186 Å². The Balaban J connectivity index is 1.64. The van der Waals surface area contributed by atoms with Crippen LogP contribution in [0.5, 0.6) is 11.5 Å². The molecular formula is C23H27F2N5O2. The molecule has 7 nitrogen and oxygen atoms in total. The van der Waals surface area contributed by atoms with E-state index in [0.29, 0.717) is 36.9 Å². The maximum atomic E-state index is 12.7. The van der Waals surface area contributed by atoms with Gasteiger partial charge in [-0.1, -0.05) is 30.3 Å². The van der Waals surface area contributed by atoms with Crippen LogP contribution in [0.1, 0.15) is 23.6 Å². The zero-order chi connectivity index (χ0) is 22.8. The Morgan fingerprint density at radius 1 is 1.12 bits per heavy atom. The molecule has 0 saturated heterocycles. The minimum absolute atomic E-state index is 0.0892. The Bertz CT molecular complexity index is 1010. The van der Waals surface area contributed by atoms with Crippen molar-refractivity contribution < 1.29 is 18.3 Å². The molecule has 0 saturated carbocycles. The molecule has 0 aliphatic rings. The van der Waals surface area contributed by atoms with Gasteiger partial charge in [-0.3, -0.25) is 4.68 Å². The van der Waals surface area contributed by atoms with Gasteiger partial charge in [0.1, 0.15) is 11.5 Å². The molecule has 170 valence electrons. The molecule has 2 aromatic carbocycles. The lowest BCUT2D eigenvalue weighted by Crippen LogP contribution is -2.36. The average molecular weight is 443 g/mol. The number of rotatable bonds is 10. The summed E-state index contributed by atoms with van der Waals surface area (Å²) in [5, 5.41) is 10.7. The van der Waals surface area contributed by atoms with Crippen LogP contribution in [0.15, 0.2) is 65.9 Å². The lowest BCUT2D eigenvalue weighted by Gasteiger charge is -2.15. The molecule has 1 heterocycles. The third kappa shape index (κ3) is 6.97. The van der Waals surface area contributed by atoms with Crippen LogP contribution in [0.25, 0.3) is 0 Å². The summed E-state index contributed by atoms with van der Waals surface area (Å²) in [4.78, 5) is 4.57. The van der Waals surface area contributed by atoms with Crippen molar-refractivity contribution >= 4 is 5.96 Å². The molecule has 0 fully saturated rings. The number of alkyl halides is 2. The summed E-state index contributed by atoms with van der Waals surface area (Å²) in [6, 6.07) is 14.8. The zero-order valence-corrected chi connectivity index (χ0v) is 18.1. The van der Waals surface area contributed by atoms with Gasteiger partial charge in [0.25, 0.3) is 0 Å². The van der Waals surface area contributed by atoms with Crippen LogP contribution < -0.4 is 20.1 Å². The van der Waals surface area contributed by atoms with Gasteiger partial charge < -0.3 is 20.1 Å². The van der Waals surface area contributed by atoms with Crippen LogP contribution >= 0.6 is 0 Å². The number of aliphatic imine (C=N–C) groups is 1. The van der Waals surface area contributed by atoms with Gasteiger partial charge in [-0.2, -0.15) is 13.9 Å². The van der Waals surface area contributed by atoms with Crippen molar-refractivity contribution in [3.8, 4) is 11.5 Å². The number of benzene rings is 2. The van der Waals surface area contributed by atoms with Crippen LogP contribution in [-0.4, -0.2) is 36.0 Å². The third-order valence-electron chi connectivity index (χ3n) is 4.57. The summed E-state index contributed by atoms with van der Waals surface area (Å²) in [7, 11) is 1.52. The van der Waals surface area contributed by atoms with Crippen molar-refractivity contribution in [1.82, 2.24) is 20.4 Å². The van der Waals surface area contributed by atoms with Crippen LogP contribution in [-0.2, 0) is 19.6 Å². The molecule has 0 spiro atoms. The molecule has 0 bridgehead atoms. The second kappa shape index (κ2) is 11.7. The van der Waals surface area contributed by atoms with Gasteiger partial charge in [0.05, 0.1) is 26.4 Å². The molecule has 0 amide bonds. The van der Waals surface area contributed by atoms with Gasteiger partial charge in [0.15, 0.2) is 5.96 Å². The molecule has 0 radical (unpaired) electrons. The largest absolute Gasteiger partial charge is 0.497 e. The number of aromatic nitrogens is 2. The minimum Gasteiger partial charge on any atom is -0.497 e. The Kier molecular flexibility index (Phi) is 8.42. The van der Waals surface area contributed by atoms with E-state index in [1.807, 2.05) is 36.0 Å². The Morgan fingerprint density at radius 3 is 2.66 bits per heavy atom. The fourth-order valence-electron chi connectivity index (χ4n) is 3.07.